The number of nitrogen functional groups attached to an aromatic ring is 1. The van der Waals surface area contributed by atoms with Crippen LogP contribution in [0.2, 0.25) is 0 Å². The SMILES string of the molecule is Cc1cccc(Cc2sc(-c3ccc(N)cc3)nc2C)c1. The van der Waals surface area contributed by atoms with Gasteiger partial charge in [-0.1, -0.05) is 29.8 Å². The number of rotatable bonds is 3. The van der Waals surface area contributed by atoms with Gasteiger partial charge in [-0.25, -0.2) is 4.98 Å². The van der Waals surface area contributed by atoms with E-state index in [1.807, 2.05) is 24.3 Å². The van der Waals surface area contributed by atoms with Crippen LogP contribution in [0.5, 0.6) is 0 Å². The van der Waals surface area contributed by atoms with E-state index < -0.39 is 0 Å². The summed E-state index contributed by atoms with van der Waals surface area (Å²) in [6.45, 7) is 4.21. The highest BCUT2D eigenvalue weighted by Crippen LogP contribution is 2.30. The lowest BCUT2D eigenvalue weighted by molar-refractivity contribution is 1.14. The molecular weight excluding hydrogens is 276 g/mol. The zero-order valence-electron chi connectivity index (χ0n) is 12.3. The maximum atomic E-state index is 5.74. The molecule has 0 radical (unpaired) electrons. The minimum Gasteiger partial charge on any atom is -0.399 e. The molecule has 0 aliphatic heterocycles. The molecule has 0 saturated heterocycles. The van der Waals surface area contributed by atoms with E-state index in [1.54, 1.807) is 11.3 Å². The lowest BCUT2D eigenvalue weighted by Gasteiger charge is -2.01. The van der Waals surface area contributed by atoms with Crippen molar-refractivity contribution >= 4 is 17.0 Å². The number of nitrogens with two attached hydrogens (primary N) is 1. The molecule has 2 aromatic carbocycles. The highest BCUT2D eigenvalue weighted by molar-refractivity contribution is 7.15. The Kier molecular flexibility index (Phi) is 3.76. The monoisotopic (exact) mass is 294 g/mol. The summed E-state index contributed by atoms with van der Waals surface area (Å²) in [4.78, 5) is 6.03. The molecule has 2 nitrogen and oxygen atoms in total. The standard InChI is InChI=1S/C18H18N2S/c1-12-4-3-5-14(10-12)11-17-13(2)20-18(21-17)15-6-8-16(19)9-7-15/h3-10H,11,19H2,1-2H3. The molecule has 0 unspecified atom stereocenters. The Balaban J connectivity index is 1.89. The van der Waals surface area contributed by atoms with Gasteiger partial charge in [-0.15, -0.1) is 11.3 Å². The van der Waals surface area contributed by atoms with Crippen LogP contribution in [0.3, 0.4) is 0 Å². The highest BCUT2D eigenvalue weighted by atomic mass is 32.1. The van der Waals surface area contributed by atoms with Crippen molar-refractivity contribution in [3.63, 3.8) is 0 Å². The quantitative estimate of drug-likeness (QED) is 0.717. The van der Waals surface area contributed by atoms with Crippen LogP contribution in [0.25, 0.3) is 10.6 Å². The van der Waals surface area contributed by atoms with E-state index in [4.69, 9.17) is 10.7 Å². The van der Waals surface area contributed by atoms with Crippen LogP contribution in [0.4, 0.5) is 5.69 Å². The first kappa shape index (κ1) is 13.8. The molecule has 0 aliphatic rings. The molecule has 0 saturated carbocycles. The molecule has 2 N–H and O–H groups in total. The third-order valence-corrected chi connectivity index (χ3v) is 4.70. The van der Waals surface area contributed by atoms with Gasteiger partial charge in [0.05, 0.1) is 5.69 Å². The summed E-state index contributed by atoms with van der Waals surface area (Å²) >= 11 is 1.77. The molecule has 3 heteroatoms. The molecule has 3 aromatic rings. The third kappa shape index (κ3) is 3.14. The van der Waals surface area contributed by atoms with Crippen molar-refractivity contribution in [2.45, 2.75) is 20.3 Å². The molecule has 1 heterocycles. The van der Waals surface area contributed by atoms with Gasteiger partial charge in [0.2, 0.25) is 0 Å². The van der Waals surface area contributed by atoms with Gasteiger partial charge in [-0.3, -0.25) is 0 Å². The van der Waals surface area contributed by atoms with Crippen LogP contribution in [0, 0.1) is 13.8 Å². The fourth-order valence-corrected chi connectivity index (χ4v) is 3.45. The van der Waals surface area contributed by atoms with Crippen molar-refractivity contribution in [1.29, 1.82) is 0 Å². The number of aromatic nitrogens is 1. The summed E-state index contributed by atoms with van der Waals surface area (Å²) in [6.07, 6.45) is 0.945. The van der Waals surface area contributed by atoms with Crippen LogP contribution >= 0.6 is 11.3 Å². The van der Waals surface area contributed by atoms with Gasteiger partial charge < -0.3 is 5.73 Å². The molecule has 0 spiro atoms. The van der Waals surface area contributed by atoms with Crippen LogP contribution in [0.15, 0.2) is 48.5 Å². The van der Waals surface area contributed by atoms with E-state index in [1.165, 1.54) is 16.0 Å². The van der Waals surface area contributed by atoms with E-state index >= 15 is 0 Å². The smallest absolute Gasteiger partial charge is 0.123 e. The van der Waals surface area contributed by atoms with Gasteiger partial charge in [0.1, 0.15) is 5.01 Å². The Morgan fingerprint density at radius 2 is 1.81 bits per heavy atom. The Morgan fingerprint density at radius 3 is 2.52 bits per heavy atom. The number of hydrogen-bond acceptors (Lipinski definition) is 3. The van der Waals surface area contributed by atoms with Crippen molar-refractivity contribution in [3.8, 4) is 10.6 Å². The summed E-state index contributed by atoms with van der Waals surface area (Å²) in [7, 11) is 0. The van der Waals surface area contributed by atoms with Crippen LogP contribution < -0.4 is 5.73 Å². The highest BCUT2D eigenvalue weighted by Gasteiger charge is 2.10. The molecule has 0 aliphatic carbocycles. The molecule has 0 atom stereocenters. The van der Waals surface area contributed by atoms with Crippen molar-refractivity contribution in [2.24, 2.45) is 0 Å². The lowest BCUT2D eigenvalue weighted by atomic mass is 10.1. The van der Waals surface area contributed by atoms with Crippen molar-refractivity contribution < 1.29 is 0 Å². The number of hydrogen-bond donors (Lipinski definition) is 1. The average Bonchev–Trinajstić information content (AvgIpc) is 2.81. The molecular formula is C18H18N2S. The van der Waals surface area contributed by atoms with E-state index in [0.29, 0.717) is 0 Å². The molecule has 3 rings (SSSR count). The maximum Gasteiger partial charge on any atom is 0.123 e. The topological polar surface area (TPSA) is 38.9 Å². The van der Waals surface area contributed by atoms with Crippen LogP contribution in [0.1, 0.15) is 21.7 Å². The molecule has 0 bridgehead atoms. The molecule has 0 amide bonds. The Labute approximate surface area is 129 Å². The molecule has 1 aromatic heterocycles. The van der Waals surface area contributed by atoms with Crippen molar-refractivity contribution in [1.82, 2.24) is 4.98 Å². The first-order valence-corrected chi connectivity index (χ1v) is 7.81. The zero-order valence-corrected chi connectivity index (χ0v) is 13.1. The van der Waals surface area contributed by atoms with Crippen LogP contribution in [-0.4, -0.2) is 4.98 Å². The summed E-state index contributed by atoms with van der Waals surface area (Å²) in [5.41, 5.74) is 11.4. The lowest BCUT2D eigenvalue weighted by Crippen LogP contribution is -1.88. The normalized spacial score (nSPS) is 10.8. The maximum absolute atomic E-state index is 5.74. The first-order chi connectivity index (χ1) is 10.1. The number of nitrogens with zero attached hydrogens (tertiary/aromatic N) is 1. The minimum absolute atomic E-state index is 0.784. The second kappa shape index (κ2) is 5.70. The van der Waals surface area contributed by atoms with Gasteiger partial charge in [-0.2, -0.15) is 0 Å². The predicted molar refractivity (Wildman–Crippen MR) is 90.7 cm³/mol. The van der Waals surface area contributed by atoms with E-state index in [0.717, 1.165) is 28.4 Å². The molecule has 21 heavy (non-hydrogen) atoms. The van der Waals surface area contributed by atoms with E-state index in [2.05, 4.69) is 38.1 Å². The zero-order chi connectivity index (χ0) is 14.8. The second-order valence-electron chi connectivity index (χ2n) is 5.32. The fraction of sp³-hybridized carbons (Fsp3) is 0.167. The van der Waals surface area contributed by atoms with Crippen molar-refractivity contribution in [3.05, 3.63) is 70.2 Å². The summed E-state index contributed by atoms with van der Waals surface area (Å²) in [6, 6.07) is 16.6. The molecule has 0 fully saturated rings. The summed E-state index contributed by atoms with van der Waals surface area (Å²) < 4.78 is 0. The van der Waals surface area contributed by atoms with E-state index in [9.17, 15) is 0 Å². The number of aryl methyl sites for hydroxylation is 2. The summed E-state index contributed by atoms with van der Waals surface area (Å²) in [5, 5.41) is 1.06. The van der Waals surface area contributed by atoms with Gasteiger partial charge in [-0.05, 0) is 43.7 Å². The third-order valence-electron chi connectivity index (χ3n) is 3.50. The van der Waals surface area contributed by atoms with Gasteiger partial charge in [0.25, 0.3) is 0 Å². The minimum atomic E-state index is 0.784. The fourth-order valence-electron chi connectivity index (χ4n) is 2.35. The van der Waals surface area contributed by atoms with Crippen LogP contribution in [-0.2, 0) is 6.42 Å². The average molecular weight is 294 g/mol. The van der Waals surface area contributed by atoms with Gasteiger partial charge in [0, 0.05) is 22.5 Å². The van der Waals surface area contributed by atoms with Gasteiger partial charge >= 0.3 is 0 Å². The first-order valence-electron chi connectivity index (χ1n) is 6.99. The van der Waals surface area contributed by atoms with Gasteiger partial charge in [0.15, 0.2) is 0 Å². The molecule has 106 valence electrons. The number of benzene rings is 2. The number of thiazole rings is 1. The summed E-state index contributed by atoms with van der Waals surface area (Å²) in [5.74, 6) is 0. The number of anilines is 1. The van der Waals surface area contributed by atoms with E-state index in [-0.39, 0.29) is 0 Å². The largest absolute Gasteiger partial charge is 0.399 e. The van der Waals surface area contributed by atoms with Crippen molar-refractivity contribution in [2.75, 3.05) is 5.73 Å². The Bertz CT molecular complexity index is 757. The second-order valence-corrected chi connectivity index (χ2v) is 6.40. The Hall–Kier alpha value is -2.13. The Morgan fingerprint density at radius 1 is 1.05 bits per heavy atom. The predicted octanol–water partition coefficient (Wildman–Crippen LogP) is 4.60.